The highest BCUT2D eigenvalue weighted by Crippen LogP contribution is 2.20. The number of aromatic amines is 1. The van der Waals surface area contributed by atoms with Crippen LogP contribution in [0, 0.1) is 11.3 Å². The van der Waals surface area contributed by atoms with Crippen molar-refractivity contribution >= 4 is 34.1 Å². The number of carbonyl (C=O) groups excluding carboxylic acids is 1. The van der Waals surface area contributed by atoms with Gasteiger partial charge in [-0.05, 0) is 30.3 Å². The highest BCUT2D eigenvalue weighted by molar-refractivity contribution is 6.32. The number of hydrogen-bond donors (Lipinski definition) is 2. The molecule has 1 aromatic heterocycles. The molecule has 0 aliphatic carbocycles. The summed E-state index contributed by atoms with van der Waals surface area (Å²) in [7, 11) is 0. The Hall–Kier alpha value is -3.17. The van der Waals surface area contributed by atoms with Crippen LogP contribution >= 0.6 is 11.6 Å². The molecule has 0 aliphatic rings. The van der Waals surface area contributed by atoms with Crippen molar-refractivity contribution in [3.63, 3.8) is 0 Å². The summed E-state index contributed by atoms with van der Waals surface area (Å²) in [4.78, 5) is 31.1. The molecule has 2 aromatic carbocycles. The summed E-state index contributed by atoms with van der Waals surface area (Å²) in [6, 6.07) is 13.7. The molecule has 0 saturated heterocycles. The Morgan fingerprint density at radius 3 is 2.84 bits per heavy atom. The van der Waals surface area contributed by atoms with E-state index < -0.39 is 0 Å². The number of carbonyl (C=O) groups is 1. The molecule has 0 fully saturated rings. The Bertz CT molecular complexity index is 1050. The van der Waals surface area contributed by atoms with Crippen LogP contribution in [0.15, 0.2) is 47.3 Å². The minimum atomic E-state index is -0.239. The van der Waals surface area contributed by atoms with Gasteiger partial charge in [0, 0.05) is 18.5 Å². The van der Waals surface area contributed by atoms with Crippen molar-refractivity contribution < 1.29 is 4.79 Å². The molecule has 124 valence electrons. The summed E-state index contributed by atoms with van der Waals surface area (Å²) in [5, 5.41) is 12.3. The normalized spacial score (nSPS) is 10.4. The number of nitriles is 1. The SMILES string of the molecule is N#Cc1ccc(NC(=O)CCc2nc3ccccc3c(=O)[nH]2)cc1Cl. The predicted molar refractivity (Wildman–Crippen MR) is 95.5 cm³/mol. The van der Waals surface area contributed by atoms with Crippen LogP contribution in [0.4, 0.5) is 5.69 Å². The zero-order valence-electron chi connectivity index (χ0n) is 13.0. The molecule has 0 atom stereocenters. The fourth-order valence-corrected chi connectivity index (χ4v) is 2.62. The molecule has 0 radical (unpaired) electrons. The first kappa shape index (κ1) is 16.7. The summed E-state index contributed by atoms with van der Waals surface area (Å²) < 4.78 is 0. The lowest BCUT2D eigenvalue weighted by atomic mass is 10.2. The van der Waals surface area contributed by atoms with Gasteiger partial charge in [-0.25, -0.2) is 4.98 Å². The van der Waals surface area contributed by atoms with Crippen LogP contribution in [0.1, 0.15) is 17.8 Å². The number of aromatic nitrogens is 2. The van der Waals surface area contributed by atoms with Crippen molar-refractivity contribution in [1.82, 2.24) is 9.97 Å². The van der Waals surface area contributed by atoms with E-state index in [-0.39, 0.29) is 22.9 Å². The maximum atomic E-state index is 12.1. The van der Waals surface area contributed by atoms with Crippen LogP contribution in [0.2, 0.25) is 5.02 Å². The molecule has 25 heavy (non-hydrogen) atoms. The van der Waals surface area contributed by atoms with Crippen molar-refractivity contribution in [3.8, 4) is 6.07 Å². The molecule has 2 N–H and O–H groups in total. The van der Waals surface area contributed by atoms with Crippen LogP contribution in [0.3, 0.4) is 0 Å². The summed E-state index contributed by atoms with van der Waals surface area (Å²) in [5.41, 5.74) is 1.23. The maximum absolute atomic E-state index is 12.1. The number of fused-ring (bicyclic) bond motifs is 1. The molecule has 3 rings (SSSR count). The average molecular weight is 353 g/mol. The molecule has 1 amide bonds. The molecular formula is C18H13ClN4O2. The summed E-state index contributed by atoms with van der Waals surface area (Å²) in [5.74, 6) is 0.216. The number of benzene rings is 2. The molecular weight excluding hydrogens is 340 g/mol. The third-order valence-electron chi connectivity index (χ3n) is 3.62. The van der Waals surface area contributed by atoms with E-state index in [2.05, 4.69) is 15.3 Å². The Labute approximate surface area is 148 Å². The number of hydrogen-bond acceptors (Lipinski definition) is 4. The smallest absolute Gasteiger partial charge is 0.258 e. The summed E-state index contributed by atoms with van der Waals surface area (Å²) in [6.45, 7) is 0. The van der Waals surface area contributed by atoms with Gasteiger partial charge in [0.15, 0.2) is 0 Å². The van der Waals surface area contributed by atoms with Crippen LogP contribution in [-0.4, -0.2) is 15.9 Å². The number of nitrogens with zero attached hydrogens (tertiary/aromatic N) is 2. The average Bonchev–Trinajstić information content (AvgIpc) is 2.60. The number of anilines is 1. The van der Waals surface area contributed by atoms with Gasteiger partial charge >= 0.3 is 0 Å². The van der Waals surface area contributed by atoms with E-state index in [0.717, 1.165) is 0 Å². The third-order valence-corrected chi connectivity index (χ3v) is 3.94. The minimum Gasteiger partial charge on any atom is -0.326 e. The van der Waals surface area contributed by atoms with E-state index >= 15 is 0 Å². The number of para-hydroxylation sites is 1. The molecule has 0 saturated carbocycles. The van der Waals surface area contributed by atoms with E-state index in [1.165, 1.54) is 6.07 Å². The first-order valence-corrected chi connectivity index (χ1v) is 7.92. The number of rotatable bonds is 4. The van der Waals surface area contributed by atoms with Crippen LogP contribution in [-0.2, 0) is 11.2 Å². The third kappa shape index (κ3) is 3.84. The lowest BCUT2D eigenvalue weighted by Crippen LogP contribution is -2.16. The standard InChI is InChI=1S/C18H13ClN4O2/c19-14-9-12(6-5-11(14)10-20)21-17(24)8-7-16-22-15-4-2-1-3-13(15)18(25)23-16/h1-6,9H,7-8H2,(H,21,24)(H,22,23,25). The van der Waals surface area contributed by atoms with E-state index in [1.807, 2.05) is 6.07 Å². The highest BCUT2D eigenvalue weighted by atomic mass is 35.5. The number of amides is 1. The van der Waals surface area contributed by atoms with Gasteiger partial charge in [0.25, 0.3) is 5.56 Å². The Morgan fingerprint density at radius 2 is 2.08 bits per heavy atom. The van der Waals surface area contributed by atoms with Crippen molar-refractivity contribution in [1.29, 1.82) is 5.26 Å². The second-order valence-corrected chi connectivity index (χ2v) is 5.79. The summed E-state index contributed by atoms with van der Waals surface area (Å²) in [6.07, 6.45) is 0.453. The van der Waals surface area contributed by atoms with Crippen molar-refractivity contribution in [3.05, 3.63) is 69.2 Å². The van der Waals surface area contributed by atoms with Crippen LogP contribution in [0.5, 0.6) is 0 Å². The number of halogens is 1. The van der Waals surface area contributed by atoms with Crippen molar-refractivity contribution in [2.45, 2.75) is 12.8 Å². The molecule has 0 bridgehead atoms. The van der Waals surface area contributed by atoms with Gasteiger partial charge < -0.3 is 10.3 Å². The second-order valence-electron chi connectivity index (χ2n) is 5.38. The Balaban J connectivity index is 1.67. The van der Waals surface area contributed by atoms with Gasteiger partial charge in [0.05, 0.1) is 21.5 Å². The van der Waals surface area contributed by atoms with Gasteiger partial charge in [0.2, 0.25) is 5.91 Å². The van der Waals surface area contributed by atoms with E-state index in [0.29, 0.717) is 34.4 Å². The fraction of sp³-hybridized carbons (Fsp3) is 0.111. The van der Waals surface area contributed by atoms with Gasteiger partial charge in [-0.3, -0.25) is 9.59 Å². The largest absolute Gasteiger partial charge is 0.326 e. The maximum Gasteiger partial charge on any atom is 0.258 e. The highest BCUT2D eigenvalue weighted by Gasteiger charge is 2.08. The van der Waals surface area contributed by atoms with Crippen LogP contribution < -0.4 is 10.9 Å². The topological polar surface area (TPSA) is 98.6 Å². The molecule has 1 heterocycles. The minimum absolute atomic E-state index is 0.152. The zero-order valence-corrected chi connectivity index (χ0v) is 13.8. The quantitative estimate of drug-likeness (QED) is 0.753. The first-order valence-electron chi connectivity index (χ1n) is 7.54. The first-order chi connectivity index (χ1) is 12.1. The fourth-order valence-electron chi connectivity index (χ4n) is 2.39. The molecule has 3 aromatic rings. The summed E-state index contributed by atoms with van der Waals surface area (Å²) >= 11 is 5.94. The van der Waals surface area contributed by atoms with E-state index in [1.54, 1.807) is 36.4 Å². The second kappa shape index (κ2) is 7.16. The van der Waals surface area contributed by atoms with Gasteiger partial charge in [-0.15, -0.1) is 0 Å². The monoisotopic (exact) mass is 352 g/mol. The van der Waals surface area contributed by atoms with Crippen molar-refractivity contribution in [2.24, 2.45) is 0 Å². The van der Waals surface area contributed by atoms with Gasteiger partial charge in [0.1, 0.15) is 11.9 Å². The molecule has 0 spiro atoms. The van der Waals surface area contributed by atoms with Gasteiger partial charge in [-0.2, -0.15) is 5.26 Å². The lowest BCUT2D eigenvalue weighted by Gasteiger charge is -2.06. The number of H-pyrrole nitrogens is 1. The van der Waals surface area contributed by atoms with E-state index in [9.17, 15) is 9.59 Å². The van der Waals surface area contributed by atoms with Crippen molar-refractivity contribution in [2.75, 3.05) is 5.32 Å². The molecule has 6 nitrogen and oxygen atoms in total. The molecule has 7 heteroatoms. The lowest BCUT2D eigenvalue weighted by molar-refractivity contribution is -0.116. The number of aryl methyl sites for hydroxylation is 1. The Morgan fingerprint density at radius 1 is 1.28 bits per heavy atom. The number of nitrogens with one attached hydrogen (secondary N) is 2. The zero-order chi connectivity index (χ0) is 17.8. The Kier molecular flexibility index (Phi) is 4.78. The molecule has 0 unspecified atom stereocenters. The molecule has 0 aliphatic heterocycles. The predicted octanol–water partition coefficient (Wildman–Crippen LogP) is 3.02. The van der Waals surface area contributed by atoms with E-state index in [4.69, 9.17) is 16.9 Å². The van der Waals surface area contributed by atoms with Gasteiger partial charge in [-0.1, -0.05) is 23.7 Å². The van der Waals surface area contributed by atoms with Crippen LogP contribution in [0.25, 0.3) is 10.9 Å².